The second-order valence-corrected chi connectivity index (χ2v) is 10.2. The number of nitrogens with zero attached hydrogens (tertiary/aromatic N) is 3. The van der Waals surface area contributed by atoms with Crippen LogP contribution in [0.15, 0.2) is 40.3 Å². The van der Waals surface area contributed by atoms with Crippen LogP contribution in [0.1, 0.15) is 19.3 Å². The van der Waals surface area contributed by atoms with Crippen molar-refractivity contribution in [3.8, 4) is 5.75 Å². The van der Waals surface area contributed by atoms with Gasteiger partial charge in [-0.25, -0.2) is 9.98 Å². The fourth-order valence-electron chi connectivity index (χ4n) is 5.38. The van der Waals surface area contributed by atoms with Crippen LogP contribution < -0.4 is 21.1 Å². The highest BCUT2D eigenvalue weighted by Gasteiger charge is 2.51. The van der Waals surface area contributed by atoms with Gasteiger partial charge in [0.25, 0.3) is 0 Å². The van der Waals surface area contributed by atoms with E-state index in [1.807, 2.05) is 12.2 Å². The van der Waals surface area contributed by atoms with Crippen LogP contribution in [0.25, 0.3) is 0 Å². The molecule has 1 saturated heterocycles. The van der Waals surface area contributed by atoms with Crippen LogP contribution in [0.5, 0.6) is 5.75 Å². The summed E-state index contributed by atoms with van der Waals surface area (Å²) < 4.78 is 35.3. The van der Waals surface area contributed by atoms with Crippen molar-refractivity contribution in [2.45, 2.75) is 43.5 Å². The molecule has 1 aromatic rings. The molecule has 1 aromatic carbocycles. The predicted octanol–water partition coefficient (Wildman–Crippen LogP) is 2.89. The number of ether oxygens (including phenoxy) is 1. The maximum absolute atomic E-state index is 14.6. The maximum Gasteiger partial charge on any atom is 0.318 e. The SMILES string of the molecule is CN1CCC(Oc2ccc(NC3=N[C@H](N[C@@H]4[C@H]5C=CC(C5)[C@@H]4C(N)=O)C(F)(F)C=N3)cc2Cl)CC1. The summed E-state index contributed by atoms with van der Waals surface area (Å²) in [5.74, 6) is -3.82. The minimum absolute atomic E-state index is 0.0165. The standard InChI is InChI=1S/C24H29ClF2N6O2/c1-33-8-6-16(7-9-33)35-18-5-4-15(11-17(18)25)30-23-29-12-24(26,27)22(32-23)31-20-14-3-2-13(10-14)19(20)21(28)34/h2-5,11-14,16,19-20,22,31H,6-10H2,1H3,(H2,28,34)(H,30,32)/t13?,14-,19-,20+,22-/m0/s1. The van der Waals surface area contributed by atoms with Crippen molar-refractivity contribution < 1.29 is 18.3 Å². The Morgan fingerprint density at radius 2 is 2.00 bits per heavy atom. The van der Waals surface area contributed by atoms with Crippen molar-refractivity contribution in [3.63, 3.8) is 0 Å². The number of nitrogens with two attached hydrogens (primary N) is 1. The number of carbonyl (C=O) groups excluding carboxylic acids is 1. The molecule has 4 aliphatic rings. The number of piperidine rings is 1. The molecular formula is C24H29ClF2N6O2. The van der Waals surface area contributed by atoms with Crippen LogP contribution >= 0.6 is 11.6 Å². The number of allylic oxidation sites excluding steroid dienone is 1. The molecule has 2 aliphatic carbocycles. The molecule has 0 spiro atoms. The number of fused-ring (bicyclic) bond motifs is 2. The normalized spacial score (nSPS) is 32.0. The number of likely N-dealkylation sites (tertiary alicyclic amines) is 1. The summed E-state index contributed by atoms with van der Waals surface area (Å²) in [6, 6.07) is 4.65. The molecule has 1 unspecified atom stereocenters. The lowest BCUT2D eigenvalue weighted by atomic mass is 9.88. The Bertz CT molecular complexity index is 1070. The Kier molecular flexibility index (Phi) is 6.54. The number of aliphatic imine (C=N–C) groups is 2. The van der Waals surface area contributed by atoms with Crippen LogP contribution in [0.3, 0.4) is 0 Å². The van der Waals surface area contributed by atoms with Gasteiger partial charge in [-0.3, -0.25) is 10.1 Å². The average Bonchev–Trinajstić information content (AvgIpc) is 3.41. The van der Waals surface area contributed by atoms with Crippen molar-refractivity contribution in [2.24, 2.45) is 33.5 Å². The van der Waals surface area contributed by atoms with Gasteiger partial charge in [0.1, 0.15) is 11.9 Å². The molecule has 0 radical (unpaired) electrons. The van der Waals surface area contributed by atoms with Crippen LogP contribution in [-0.4, -0.2) is 67.4 Å². The summed E-state index contributed by atoms with van der Waals surface area (Å²) in [7, 11) is 2.08. The van der Waals surface area contributed by atoms with Crippen molar-refractivity contribution in [1.82, 2.24) is 10.2 Å². The van der Waals surface area contributed by atoms with Gasteiger partial charge in [0.05, 0.1) is 17.2 Å². The third kappa shape index (κ3) is 5.05. The maximum atomic E-state index is 14.6. The third-order valence-electron chi connectivity index (χ3n) is 7.26. The van der Waals surface area contributed by atoms with E-state index in [4.69, 9.17) is 22.1 Å². The number of amides is 1. The molecule has 2 fully saturated rings. The van der Waals surface area contributed by atoms with Crippen molar-refractivity contribution in [1.29, 1.82) is 0 Å². The number of hydrogen-bond donors (Lipinski definition) is 3. The number of anilines is 1. The summed E-state index contributed by atoms with van der Waals surface area (Å²) in [6.45, 7) is 1.94. The first-order chi connectivity index (χ1) is 16.7. The molecule has 0 aromatic heterocycles. The highest BCUT2D eigenvalue weighted by atomic mass is 35.5. The first kappa shape index (κ1) is 24.1. The topological polar surface area (TPSA) is 104 Å². The van der Waals surface area contributed by atoms with Gasteiger partial charge in [-0.05, 0) is 56.3 Å². The monoisotopic (exact) mass is 506 g/mol. The summed E-state index contributed by atoms with van der Waals surface area (Å²) >= 11 is 6.43. The lowest BCUT2D eigenvalue weighted by molar-refractivity contribution is -0.123. The lowest BCUT2D eigenvalue weighted by Gasteiger charge is -2.33. The number of benzene rings is 1. The Balaban J connectivity index is 1.27. The van der Waals surface area contributed by atoms with Crippen molar-refractivity contribution in [3.05, 3.63) is 35.4 Å². The number of primary amides is 1. The van der Waals surface area contributed by atoms with Gasteiger partial charge in [-0.1, -0.05) is 23.8 Å². The molecule has 1 amide bonds. The first-order valence-electron chi connectivity index (χ1n) is 11.9. The zero-order valence-corrected chi connectivity index (χ0v) is 20.1. The number of carbonyl (C=O) groups is 1. The largest absolute Gasteiger partial charge is 0.489 e. The number of nitrogens with one attached hydrogen (secondary N) is 2. The Hall–Kier alpha value is -2.56. The van der Waals surface area contributed by atoms with Gasteiger partial charge in [-0.15, -0.1) is 0 Å². The van der Waals surface area contributed by atoms with E-state index in [-0.39, 0.29) is 23.9 Å². The van der Waals surface area contributed by atoms with Crippen LogP contribution in [0, 0.1) is 17.8 Å². The Labute approximate surface area is 207 Å². The van der Waals surface area contributed by atoms with E-state index in [0.717, 1.165) is 32.4 Å². The minimum Gasteiger partial charge on any atom is -0.489 e. The molecule has 5 atom stereocenters. The van der Waals surface area contributed by atoms with Crippen LogP contribution in [0.2, 0.25) is 5.02 Å². The van der Waals surface area contributed by atoms with E-state index < -0.39 is 30.0 Å². The van der Waals surface area contributed by atoms with Gasteiger partial charge >= 0.3 is 5.92 Å². The van der Waals surface area contributed by atoms with E-state index in [1.54, 1.807) is 18.2 Å². The number of rotatable bonds is 6. The van der Waals surface area contributed by atoms with Gasteiger partial charge in [0.2, 0.25) is 11.9 Å². The molecule has 2 aliphatic heterocycles. The molecule has 2 bridgehead atoms. The smallest absolute Gasteiger partial charge is 0.318 e. The zero-order chi connectivity index (χ0) is 24.7. The average molecular weight is 507 g/mol. The Morgan fingerprint density at radius 3 is 2.71 bits per heavy atom. The number of halogens is 3. The fourth-order valence-corrected chi connectivity index (χ4v) is 5.60. The second kappa shape index (κ2) is 9.48. The second-order valence-electron chi connectivity index (χ2n) is 9.75. The van der Waals surface area contributed by atoms with Crippen molar-refractivity contribution >= 4 is 35.4 Å². The lowest BCUT2D eigenvalue weighted by Crippen LogP contribution is -2.56. The number of alkyl halides is 2. The third-order valence-corrected chi connectivity index (χ3v) is 7.56. The predicted molar refractivity (Wildman–Crippen MR) is 131 cm³/mol. The van der Waals surface area contributed by atoms with Gasteiger partial charge in [0.15, 0.2) is 6.17 Å². The molecule has 4 N–H and O–H groups in total. The van der Waals surface area contributed by atoms with E-state index in [1.165, 1.54) is 0 Å². The quantitative estimate of drug-likeness (QED) is 0.515. The van der Waals surface area contributed by atoms with E-state index >= 15 is 0 Å². The highest BCUT2D eigenvalue weighted by molar-refractivity contribution is 6.32. The Morgan fingerprint density at radius 1 is 1.26 bits per heavy atom. The zero-order valence-electron chi connectivity index (χ0n) is 19.3. The molecule has 1 saturated carbocycles. The first-order valence-corrected chi connectivity index (χ1v) is 12.2. The number of guanidine groups is 1. The van der Waals surface area contributed by atoms with E-state index in [9.17, 15) is 13.6 Å². The number of hydrogen-bond acceptors (Lipinski definition) is 7. The van der Waals surface area contributed by atoms with Gasteiger partial charge in [-0.2, -0.15) is 8.78 Å². The van der Waals surface area contributed by atoms with Crippen LogP contribution in [-0.2, 0) is 4.79 Å². The molecular weight excluding hydrogens is 478 g/mol. The summed E-state index contributed by atoms with van der Waals surface area (Å²) in [4.78, 5) is 22.1. The molecule has 35 heavy (non-hydrogen) atoms. The molecule has 8 nitrogen and oxygen atoms in total. The van der Waals surface area contributed by atoms with Crippen LogP contribution in [0.4, 0.5) is 14.5 Å². The van der Waals surface area contributed by atoms with E-state index in [2.05, 4.69) is 32.6 Å². The highest BCUT2D eigenvalue weighted by Crippen LogP contribution is 2.44. The van der Waals surface area contributed by atoms with Gasteiger partial charge < -0.3 is 20.7 Å². The minimum atomic E-state index is -3.32. The molecule has 2 heterocycles. The fraction of sp³-hybridized carbons (Fsp3) is 0.542. The summed E-state index contributed by atoms with van der Waals surface area (Å²) in [5, 5.41) is 6.24. The molecule has 188 valence electrons. The summed E-state index contributed by atoms with van der Waals surface area (Å²) in [5.41, 5.74) is 6.11. The molecule has 11 heteroatoms. The summed E-state index contributed by atoms with van der Waals surface area (Å²) in [6.07, 6.45) is 5.57. The molecule has 5 rings (SSSR count). The van der Waals surface area contributed by atoms with E-state index in [0.29, 0.717) is 22.7 Å². The van der Waals surface area contributed by atoms with Crippen molar-refractivity contribution in [2.75, 3.05) is 25.5 Å². The van der Waals surface area contributed by atoms with Gasteiger partial charge in [0, 0.05) is 24.8 Å².